The number of halogens is 2. The molecular weight excluding hydrogens is 374 g/mol. The van der Waals surface area contributed by atoms with Gasteiger partial charge in [0.25, 0.3) is 0 Å². The lowest BCUT2D eigenvalue weighted by molar-refractivity contribution is 0.417. The van der Waals surface area contributed by atoms with E-state index in [0.717, 1.165) is 25.7 Å². The van der Waals surface area contributed by atoms with E-state index in [-0.39, 0.29) is 11.3 Å². The summed E-state index contributed by atoms with van der Waals surface area (Å²) in [5.74, 6) is 0.733. The van der Waals surface area contributed by atoms with Gasteiger partial charge in [-0.1, -0.05) is 13.8 Å². The monoisotopic (exact) mass is 387 g/mol. The van der Waals surface area contributed by atoms with Crippen LogP contribution in [0, 0.1) is 6.92 Å². The van der Waals surface area contributed by atoms with E-state index in [9.17, 15) is 4.79 Å². The summed E-state index contributed by atoms with van der Waals surface area (Å²) in [7, 11) is 1.57. The van der Waals surface area contributed by atoms with Gasteiger partial charge in [-0.05, 0) is 50.8 Å². The zero-order valence-electron chi connectivity index (χ0n) is 11.2. The minimum atomic E-state index is 0.0279. The van der Waals surface area contributed by atoms with Gasteiger partial charge in [0.05, 0.1) is 22.5 Å². The third kappa shape index (κ3) is 2.34. The van der Waals surface area contributed by atoms with Crippen LogP contribution in [0.2, 0.25) is 0 Å². The lowest BCUT2D eigenvalue weighted by atomic mass is 9.98. The first-order valence-electron chi connectivity index (χ1n) is 5.97. The number of H-pyrrole nitrogens is 1. The second-order valence-corrected chi connectivity index (χ2v) is 6.48. The summed E-state index contributed by atoms with van der Waals surface area (Å²) in [6.07, 6.45) is 0. The van der Waals surface area contributed by atoms with Gasteiger partial charge in [0, 0.05) is 15.7 Å². The fourth-order valence-electron chi connectivity index (χ4n) is 2.39. The fourth-order valence-corrected chi connectivity index (χ4v) is 3.82. The van der Waals surface area contributed by atoms with E-state index >= 15 is 0 Å². The van der Waals surface area contributed by atoms with Crippen LogP contribution in [0.1, 0.15) is 31.0 Å². The zero-order chi connectivity index (χ0) is 14.3. The number of aromatic amines is 1. The largest absolute Gasteiger partial charge is 0.495 e. The molecule has 1 heterocycles. The van der Waals surface area contributed by atoms with Crippen molar-refractivity contribution in [2.45, 2.75) is 26.7 Å². The Kier molecular flexibility index (Phi) is 4.06. The lowest BCUT2D eigenvalue weighted by Crippen LogP contribution is -2.15. The van der Waals surface area contributed by atoms with Crippen molar-refractivity contribution >= 4 is 42.8 Å². The smallest absolute Gasteiger partial charge is 0.196 e. The Hall–Kier alpha value is -0.810. The van der Waals surface area contributed by atoms with Gasteiger partial charge in [-0.2, -0.15) is 0 Å². The molecule has 0 aliphatic rings. The molecule has 0 saturated heterocycles. The topological polar surface area (TPSA) is 42.1 Å². The molecule has 0 spiro atoms. The minimum absolute atomic E-state index is 0.0279. The maximum absolute atomic E-state index is 12.7. The van der Waals surface area contributed by atoms with Crippen molar-refractivity contribution < 1.29 is 4.74 Å². The van der Waals surface area contributed by atoms with Crippen LogP contribution in [0.15, 0.2) is 19.8 Å². The van der Waals surface area contributed by atoms with E-state index < -0.39 is 0 Å². The molecular formula is C14H15Br2NO2. The van der Waals surface area contributed by atoms with Crippen LogP contribution in [0.25, 0.3) is 10.9 Å². The van der Waals surface area contributed by atoms with E-state index in [1.54, 1.807) is 7.11 Å². The summed E-state index contributed by atoms with van der Waals surface area (Å²) >= 11 is 6.92. The molecule has 0 aliphatic carbocycles. The number of ether oxygens (including phenoxy) is 1. The molecule has 0 aliphatic heterocycles. The number of fused-ring (bicyclic) bond motifs is 1. The van der Waals surface area contributed by atoms with Gasteiger partial charge in [-0.15, -0.1) is 0 Å². The van der Waals surface area contributed by atoms with Crippen LogP contribution < -0.4 is 10.2 Å². The van der Waals surface area contributed by atoms with E-state index in [1.165, 1.54) is 0 Å². The van der Waals surface area contributed by atoms with Gasteiger partial charge in [-0.25, -0.2) is 0 Å². The highest BCUT2D eigenvalue weighted by molar-refractivity contribution is 9.11. The average molecular weight is 389 g/mol. The Morgan fingerprint density at radius 2 is 1.89 bits per heavy atom. The summed E-state index contributed by atoms with van der Waals surface area (Å²) in [5, 5.41) is 0.582. The normalized spacial score (nSPS) is 11.3. The highest BCUT2D eigenvalue weighted by atomic mass is 79.9. The van der Waals surface area contributed by atoms with E-state index in [2.05, 4.69) is 36.8 Å². The molecule has 1 aromatic carbocycles. The number of aryl methyl sites for hydroxylation is 1. The molecule has 1 aromatic heterocycles. The SMILES string of the molecule is COc1c(Br)cc(Br)c2[nH]c(C)c(C(C)C)c(=O)c12. The highest BCUT2D eigenvalue weighted by Gasteiger charge is 2.19. The first-order valence-corrected chi connectivity index (χ1v) is 7.55. The van der Waals surface area contributed by atoms with Crippen LogP contribution in [0.4, 0.5) is 0 Å². The summed E-state index contributed by atoms with van der Waals surface area (Å²) in [4.78, 5) is 16.0. The van der Waals surface area contributed by atoms with E-state index in [0.29, 0.717) is 11.1 Å². The minimum Gasteiger partial charge on any atom is -0.495 e. The second kappa shape index (κ2) is 5.29. The number of benzene rings is 1. The number of aromatic nitrogens is 1. The Morgan fingerprint density at radius 1 is 1.26 bits per heavy atom. The molecule has 1 N–H and O–H groups in total. The van der Waals surface area contributed by atoms with E-state index in [1.807, 2.05) is 26.8 Å². The maximum Gasteiger partial charge on any atom is 0.196 e. The number of hydrogen-bond acceptors (Lipinski definition) is 2. The molecule has 0 radical (unpaired) electrons. The predicted molar refractivity (Wildman–Crippen MR) is 85.3 cm³/mol. The van der Waals surface area contributed by atoms with E-state index in [4.69, 9.17) is 4.74 Å². The van der Waals surface area contributed by atoms with Crippen LogP contribution in [-0.4, -0.2) is 12.1 Å². The van der Waals surface area contributed by atoms with Crippen LogP contribution >= 0.6 is 31.9 Å². The first-order chi connectivity index (χ1) is 8.88. The van der Waals surface area contributed by atoms with Gasteiger partial charge in [0.1, 0.15) is 5.75 Å². The number of hydrogen-bond donors (Lipinski definition) is 1. The van der Waals surface area contributed by atoms with Crippen molar-refractivity contribution in [2.24, 2.45) is 0 Å². The second-order valence-electron chi connectivity index (χ2n) is 4.77. The summed E-state index contributed by atoms with van der Waals surface area (Å²) < 4.78 is 6.98. The lowest BCUT2D eigenvalue weighted by Gasteiger charge is -2.14. The summed E-state index contributed by atoms with van der Waals surface area (Å²) in [5.41, 5.74) is 2.50. The van der Waals surface area contributed by atoms with Gasteiger partial charge >= 0.3 is 0 Å². The third-order valence-electron chi connectivity index (χ3n) is 3.16. The van der Waals surface area contributed by atoms with Crippen LogP contribution in [0.5, 0.6) is 5.75 Å². The summed E-state index contributed by atoms with van der Waals surface area (Å²) in [6, 6.07) is 1.88. The molecule has 0 saturated carbocycles. The molecule has 0 atom stereocenters. The number of pyridine rings is 1. The van der Waals surface area contributed by atoms with Crippen molar-refractivity contribution in [3.63, 3.8) is 0 Å². The molecule has 0 amide bonds. The summed E-state index contributed by atoms with van der Waals surface area (Å²) in [6.45, 7) is 5.96. The Bertz CT molecular complexity index is 705. The van der Waals surface area contributed by atoms with Crippen molar-refractivity contribution in [2.75, 3.05) is 7.11 Å². The number of rotatable bonds is 2. The van der Waals surface area contributed by atoms with Gasteiger partial charge in [0.2, 0.25) is 0 Å². The van der Waals surface area contributed by atoms with Gasteiger partial charge in [-0.3, -0.25) is 4.79 Å². The molecule has 0 unspecified atom stereocenters. The Labute approximate surface area is 128 Å². The van der Waals surface area contributed by atoms with Crippen molar-refractivity contribution in [3.05, 3.63) is 36.5 Å². The van der Waals surface area contributed by atoms with Crippen molar-refractivity contribution in [1.29, 1.82) is 0 Å². The van der Waals surface area contributed by atoms with Crippen LogP contribution in [-0.2, 0) is 0 Å². The molecule has 0 bridgehead atoms. The predicted octanol–water partition coefficient (Wildman–Crippen LogP) is 4.49. The molecule has 5 heteroatoms. The number of nitrogens with one attached hydrogen (secondary N) is 1. The Balaban J connectivity index is 3.06. The molecule has 102 valence electrons. The standard InChI is InChI=1S/C14H15Br2NO2/c1-6(2)10-7(3)17-12-8(15)5-9(16)14(19-4)11(12)13(10)18/h5-6H,1-4H3,(H,17,18). The molecule has 19 heavy (non-hydrogen) atoms. The molecule has 0 fully saturated rings. The van der Waals surface area contributed by atoms with Crippen LogP contribution in [0.3, 0.4) is 0 Å². The Morgan fingerprint density at radius 3 is 2.42 bits per heavy atom. The fraction of sp³-hybridized carbons (Fsp3) is 0.357. The first kappa shape index (κ1) is 14.6. The highest BCUT2D eigenvalue weighted by Crippen LogP contribution is 2.36. The third-order valence-corrected chi connectivity index (χ3v) is 4.37. The van der Waals surface area contributed by atoms with Gasteiger partial charge in [0.15, 0.2) is 5.43 Å². The number of methoxy groups -OCH3 is 1. The maximum atomic E-state index is 12.7. The zero-order valence-corrected chi connectivity index (χ0v) is 14.4. The van der Waals surface area contributed by atoms with Gasteiger partial charge < -0.3 is 9.72 Å². The van der Waals surface area contributed by atoms with Crippen molar-refractivity contribution in [1.82, 2.24) is 4.98 Å². The molecule has 2 rings (SSSR count). The van der Waals surface area contributed by atoms with Crippen molar-refractivity contribution in [3.8, 4) is 5.75 Å². The molecule has 2 aromatic rings. The quantitative estimate of drug-likeness (QED) is 0.823. The molecule has 3 nitrogen and oxygen atoms in total. The average Bonchev–Trinajstić information content (AvgIpc) is 2.30.